The van der Waals surface area contributed by atoms with Gasteiger partial charge in [0.2, 0.25) is 0 Å². The Labute approximate surface area is 176 Å². The average molecular weight is 429 g/mol. The summed E-state index contributed by atoms with van der Waals surface area (Å²) in [5, 5.41) is 16.8. The zero-order valence-corrected chi connectivity index (χ0v) is 16.6. The Bertz CT molecular complexity index is 1180. The van der Waals surface area contributed by atoms with Crippen LogP contribution in [0.3, 0.4) is 0 Å². The van der Waals surface area contributed by atoms with Gasteiger partial charge in [0.15, 0.2) is 5.65 Å². The monoisotopic (exact) mass is 428 g/mol. The molecule has 0 bridgehead atoms. The maximum Gasteiger partial charge on any atom is 0.326 e. The maximum absolute atomic E-state index is 13.8. The van der Waals surface area contributed by atoms with Crippen molar-refractivity contribution in [2.75, 3.05) is 23.3 Å². The minimum absolute atomic E-state index is 0.0849. The lowest BCUT2D eigenvalue weighted by molar-refractivity contribution is 0.208. The lowest BCUT2D eigenvalue weighted by Crippen LogP contribution is -2.38. The van der Waals surface area contributed by atoms with E-state index < -0.39 is 0 Å². The van der Waals surface area contributed by atoms with Crippen LogP contribution < -0.4 is 10.2 Å². The van der Waals surface area contributed by atoms with Crippen molar-refractivity contribution in [1.82, 2.24) is 19.5 Å². The van der Waals surface area contributed by atoms with E-state index in [9.17, 15) is 14.3 Å². The minimum Gasteiger partial charge on any atom is -0.509 e. The van der Waals surface area contributed by atoms with Crippen molar-refractivity contribution in [2.45, 2.75) is 18.9 Å². The third-order valence-corrected chi connectivity index (χ3v) is 5.70. The van der Waals surface area contributed by atoms with E-state index in [-0.39, 0.29) is 30.2 Å². The summed E-state index contributed by atoms with van der Waals surface area (Å²) in [7, 11) is 0. The molecule has 0 radical (unpaired) electrons. The molecular formula is C20H18ClFN6O2. The van der Waals surface area contributed by atoms with Gasteiger partial charge in [-0.1, -0.05) is 11.6 Å². The van der Waals surface area contributed by atoms with Crippen molar-refractivity contribution in [3.8, 4) is 0 Å². The van der Waals surface area contributed by atoms with Crippen molar-refractivity contribution in [1.29, 1.82) is 0 Å². The predicted octanol–water partition coefficient (Wildman–Crippen LogP) is 4.11. The van der Waals surface area contributed by atoms with Crippen LogP contribution in [0.2, 0.25) is 5.02 Å². The summed E-state index contributed by atoms with van der Waals surface area (Å²) in [4.78, 5) is 20.4. The number of hydrogen-bond acceptors (Lipinski definition) is 5. The van der Waals surface area contributed by atoms with Crippen molar-refractivity contribution < 1.29 is 14.3 Å². The number of benzene rings is 1. The Balaban J connectivity index is 1.45. The van der Waals surface area contributed by atoms with Gasteiger partial charge in [-0.3, -0.25) is 4.90 Å². The van der Waals surface area contributed by atoms with Gasteiger partial charge < -0.3 is 15.3 Å². The first-order valence-electron chi connectivity index (χ1n) is 9.53. The molecule has 2 aromatic heterocycles. The van der Waals surface area contributed by atoms with Crippen LogP contribution in [0.1, 0.15) is 24.4 Å². The first kappa shape index (κ1) is 18.7. The van der Waals surface area contributed by atoms with Crippen LogP contribution in [-0.4, -0.2) is 43.7 Å². The van der Waals surface area contributed by atoms with E-state index in [1.807, 2.05) is 6.07 Å². The van der Waals surface area contributed by atoms with Crippen molar-refractivity contribution in [2.24, 2.45) is 0 Å². The van der Waals surface area contributed by atoms with E-state index in [1.54, 1.807) is 16.8 Å². The fraction of sp³-hybridized carbons (Fsp3) is 0.250. The number of halogens is 2. The number of nitrogens with zero attached hydrogens (tertiary/aromatic N) is 5. The molecule has 2 N–H and O–H groups in total. The minimum atomic E-state index is -0.375. The molecule has 1 saturated heterocycles. The van der Waals surface area contributed by atoms with Gasteiger partial charge in [-0.2, -0.15) is 5.10 Å². The summed E-state index contributed by atoms with van der Waals surface area (Å²) in [6.45, 7) is 0.932. The fourth-order valence-corrected chi connectivity index (χ4v) is 4.13. The zero-order valence-electron chi connectivity index (χ0n) is 15.8. The van der Waals surface area contributed by atoms with E-state index in [4.69, 9.17) is 16.6 Å². The number of anilines is 2. The lowest BCUT2D eigenvalue weighted by atomic mass is 10.0. The molecule has 0 spiro atoms. The average Bonchev–Trinajstić information content (AvgIpc) is 3.34. The van der Waals surface area contributed by atoms with Gasteiger partial charge in [-0.15, -0.1) is 0 Å². The second-order valence-electron chi connectivity index (χ2n) is 7.31. The SMILES string of the molecule is O=C(Nc1cnn2ccc(N3CCC[C@@H]3c3cc(F)ccc3Cl)nc12)N1C=C(O)C1. The third kappa shape index (κ3) is 3.21. The quantitative estimate of drug-likeness (QED) is 0.655. The molecular weight excluding hydrogens is 411 g/mol. The molecule has 5 rings (SSSR count). The Morgan fingerprint density at radius 2 is 2.17 bits per heavy atom. The Morgan fingerprint density at radius 1 is 1.33 bits per heavy atom. The number of rotatable bonds is 3. The summed E-state index contributed by atoms with van der Waals surface area (Å²) < 4.78 is 15.4. The molecule has 0 aliphatic carbocycles. The number of aliphatic hydroxyl groups is 1. The first-order valence-corrected chi connectivity index (χ1v) is 9.90. The lowest BCUT2D eigenvalue weighted by Gasteiger charge is -2.27. The summed E-state index contributed by atoms with van der Waals surface area (Å²) in [5.74, 6) is 0.529. The van der Waals surface area contributed by atoms with Crippen LogP contribution in [0.5, 0.6) is 0 Å². The molecule has 4 heterocycles. The molecule has 1 atom stereocenters. The number of amides is 2. The summed E-state index contributed by atoms with van der Waals surface area (Å²) in [5.41, 5.74) is 1.69. The van der Waals surface area contributed by atoms with Gasteiger partial charge in [0.1, 0.15) is 23.1 Å². The number of carbonyl (C=O) groups excluding carboxylic acids is 1. The number of carbonyl (C=O) groups is 1. The van der Waals surface area contributed by atoms with E-state index in [2.05, 4.69) is 15.3 Å². The Morgan fingerprint density at radius 3 is 2.97 bits per heavy atom. The third-order valence-electron chi connectivity index (χ3n) is 5.36. The van der Waals surface area contributed by atoms with E-state index >= 15 is 0 Å². The largest absolute Gasteiger partial charge is 0.509 e. The normalized spacial score (nSPS) is 18.5. The molecule has 2 aliphatic rings. The molecule has 2 aliphatic heterocycles. The molecule has 1 aromatic carbocycles. The molecule has 10 heteroatoms. The van der Waals surface area contributed by atoms with E-state index in [1.165, 1.54) is 29.4 Å². The summed E-state index contributed by atoms with van der Waals surface area (Å²) >= 11 is 6.35. The van der Waals surface area contributed by atoms with Crippen LogP contribution in [0.4, 0.5) is 20.7 Å². The first-order chi connectivity index (χ1) is 14.5. The van der Waals surface area contributed by atoms with E-state index in [0.29, 0.717) is 22.2 Å². The highest BCUT2D eigenvalue weighted by molar-refractivity contribution is 6.31. The highest BCUT2D eigenvalue weighted by Crippen LogP contribution is 2.38. The van der Waals surface area contributed by atoms with E-state index in [0.717, 1.165) is 24.9 Å². The summed E-state index contributed by atoms with van der Waals surface area (Å²) in [6.07, 6.45) is 6.42. The molecule has 3 aromatic rings. The van der Waals surface area contributed by atoms with Gasteiger partial charge in [0.25, 0.3) is 0 Å². The number of aromatic nitrogens is 3. The Hall–Kier alpha value is -3.33. The van der Waals surface area contributed by atoms with Gasteiger partial charge >= 0.3 is 6.03 Å². The van der Waals surface area contributed by atoms with Crippen LogP contribution in [0, 0.1) is 5.82 Å². The molecule has 2 amide bonds. The van der Waals surface area contributed by atoms with Crippen molar-refractivity contribution in [3.05, 3.63) is 65.0 Å². The fourth-order valence-electron chi connectivity index (χ4n) is 3.89. The second kappa shape index (κ2) is 7.17. The van der Waals surface area contributed by atoms with Crippen LogP contribution in [0.15, 0.2) is 48.6 Å². The number of urea groups is 1. The molecule has 0 saturated carbocycles. The standard InChI is InChI=1S/C20H18ClFN6O2/c21-15-4-3-12(22)8-14(15)17-2-1-6-27(17)18-5-7-28-19(25-18)16(9-23-28)24-20(30)26-10-13(29)11-26/h3-5,7-10,17,29H,1-2,6,11H2,(H,24,30)/t17-/m1/s1. The number of fused-ring (bicyclic) bond motifs is 1. The molecule has 30 heavy (non-hydrogen) atoms. The number of aliphatic hydroxyl groups excluding tert-OH is 1. The second-order valence-corrected chi connectivity index (χ2v) is 7.72. The van der Waals surface area contributed by atoms with Crippen LogP contribution >= 0.6 is 11.6 Å². The molecule has 8 nitrogen and oxygen atoms in total. The van der Waals surface area contributed by atoms with Gasteiger partial charge in [0.05, 0.1) is 18.8 Å². The number of nitrogens with one attached hydrogen (secondary N) is 1. The molecule has 0 unspecified atom stereocenters. The smallest absolute Gasteiger partial charge is 0.326 e. The maximum atomic E-state index is 13.8. The van der Waals surface area contributed by atoms with Crippen molar-refractivity contribution in [3.63, 3.8) is 0 Å². The highest BCUT2D eigenvalue weighted by atomic mass is 35.5. The highest BCUT2D eigenvalue weighted by Gasteiger charge is 2.30. The number of hydrogen-bond donors (Lipinski definition) is 2. The van der Waals surface area contributed by atoms with Gasteiger partial charge in [-0.05, 0) is 42.7 Å². The predicted molar refractivity (Wildman–Crippen MR) is 110 cm³/mol. The molecule has 154 valence electrons. The van der Waals surface area contributed by atoms with Gasteiger partial charge in [-0.25, -0.2) is 18.7 Å². The van der Waals surface area contributed by atoms with Crippen molar-refractivity contribution >= 4 is 34.8 Å². The van der Waals surface area contributed by atoms with Gasteiger partial charge in [0, 0.05) is 24.0 Å². The zero-order chi connectivity index (χ0) is 20.8. The van der Waals surface area contributed by atoms with Crippen LogP contribution in [0.25, 0.3) is 5.65 Å². The Kier molecular flexibility index (Phi) is 4.47. The summed E-state index contributed by atoms with van der Waals surface area (Å²) in [6, 6.07) is 5.78. The van der Waals surface area contributed by atoms with Crippen LogP contribution in [-0.2, 0) is 0 Å². The topological polar surface area (TPSA) is 86.0 Å². The molecule has 1 fully saturated rings.